The van der Waals surface area contributed by atoms with Crippen LogP contribution in [-0.2, 0) is 11.2 Å². The number of anilines is 1. The Balaban J connectivity index is 1.82. The zero-order valence-corrected chi connectivity index (χ0v) is 18.8. The van der Waals surface area contributed by atoms with Crippen LogP contribution >= 0.6 is 11.9 Å². The molecule has 0 aliphatic rings. The molecule has 1 aromatic carbocycles. The second kappa shape index (κ2) is 10.6. The fraction of sp³-hybridized carbons (Fsp3) is 0.429. The van der Waals surface area contributed by atoms with Gasteiger partial charge in [-0.3, -0.25) is 9.29 Å². The molecule has 31 heavy (non-hydrogen) atoms. The molecular weight excluding hydrogens is 422 g/mol. The fourth-order valence-electron chi connectivity index (χ4n) is 2.95. The minimum absolute atomic E-state index is 0.0424. The normalized spacial score (nSPS) is 13.2. The molecule has 10 heteroatoms. The fourth-order valence-corrected chi connectivity index (χ4v) is 3.70. The zero-order chi connectivity index (χ0) is 22.4. The van der Waals surface area contributed by atoms with Crippen LogP contribution in [0.5, 0.6) is 0 Å². The number of aryl methyl sites for hydroxylation is 2. The second-order valence-corrected chi connectivity index (χ2v) is 8.46. The van der Waals surface area contributed by atoms with Crippen molar-refractivity contribution in [3.63, 3.8) is 0 Å². The number of methoxy groups -OCH3 is 1. The number of ether oxygens (including phenoxy) is 1. The maximum Gasteiger partial charge on any atom is 0.239 e. The monoisotopic (exact) mass is 448 g/mol. The van der Waals surface area contributed by atoms with Gasteiger partial charge in [-0.25, -0.2) is 18.7 Å². The maximum atomic E-state index is 14.6. The Hall–Kier alpha value is -2.59. The lowest BCUT2D eigenvalue weighted by molar-refractivity contribution is 0.194. The first-order valence-electron chi connectivity index (χ1n) is 10.00. The zero-order valence-electron chi connectivity index (χ0n) is 18.0. The van der Waals surface area contributed by atoms with E-state index in [4.69, 9.17) is 4.74 Å². The van der Waals surface area contributed by atoms with E-state index in [9.17, 15) is 8.78 Å². The minimum Gasteiger partial charge on any atom is -0.385 e. The van der Waals surface area contributed by atoms with Crippen LogP contribution in [0.3, 0.4) is 0 Å². The van der Waals surface area contributed by atoms with Crippen molar-refractivity contribution in [2.24, 2.45) is 0 Å². The van der Waals surface area contributed by atoms with Gasteiger partial charge in [0.05, 0.1) is 0 Å². The molecule has 2 atom stereocenters. The van der Waals surface area contributed by atoms with Crippen LogP contribution < -0.4 is 4.72 Å². The molecule has 0 saturated heterocycles. The summed E-state index contributed by atoms with van der Waals surface area (Å²) in [5.41, 5.74) is 0.793. The van der Waals surface area contributed by atoms with Gasteiger partial charge in [-0.15, -0.1) is 10.2 Å². The van der Waals surface area contributed by atoms with Gasteiger partial charge in [-0.05, 0) is 43.0 Å². The highest BCUT2D eigenvalue weighted by Crippen LogP contribution is 2.29. The maximum absolute atomic E-state index is 14.6. The minimum atomic E-state index is -0.685. The molecule has 3 aromatic rings. The summed E-state index contributed by atoms with van der Waals surface area (Å²) in [7, 11) is 1.60. The molecule has 2 aromatic heterocycles. The number of halogens is 2. The predicted octanol–water partition coefficient (Wildman–Crippen LogP) is 4.48. The van der Waals surface area contributed by atoms with Gasteiger partial charge in [0.1, 0.15) is 29.0 Å². The van der Waals surface area contributed by atoms with Crippen LogP contribution in [0.4, 0.5) is 14.7 Å². The summed E-state index contributed by atoms with van der Waals surface area (Å²) < 4.78 is 38.7. The van der Waals surface area contributed by atoms with Gasteiger partial charge >= 0.3 is 0 Å². The molecule has 1 N–H and O–H groups in total. The molecule has 2 unspecified atom stereocenters. The van der Waals surface area contributed by atoms with Crippen LogP contribution in [0.1, 0.15) is 43.4 Å². The lowest BCUT2D eigenvalue weighted by Crippen LogP contribution is -2.15. The van der Waals surface area contributed by atoms with Crippen LogP contribution in [-0.4, -0.2) is 43.7 Å². The Morgan fingerprint density at radius 3 is 2.45 bits per heavy atom. The molecule has 3 rings (SSSR count). The van der Waals surface area contributed by atoms with Gasteiger partial charge in [-0.2, -0.15) is 0 Å². The van der Waals surface area contributed by atoms with E-state index in [1.807, 2.05) is 20.8 Å². The van der Waals surface area contributed by atoms with E-state index in [-0.39, 0.29) is 22.8 Å². The van der Waals surface area contributed by atoms with E-state index in [0.29, 0.717) is 25.3 Å². The molecule has 0 radical (unpaired) electrons. The largest absolute Gasteiger partial charge is 0.385 e. The average Bonchev–Trinajstić information content (AvgIpc) is 3.14. The molecule has 0 aliphatic heterocycles. The summed E-state index contributed by atoms with van der Waals surface area (Å²) in [5.74, 6) is 0.109. The number of hydrogen-bond acceptors (Lipinski definition) is 7. The molecule has 0 aliphatic carbocycles. The van der Waals surface area contributed by atoms with E-state index in [0.717, 1.165) is 11.4 Å². The van der Waals surface area contributed by atoms with Gasteiger partial charge < -0.3 is 4.74 Å². The van der Waals surface area contributed by atoms with Gasteiger partial charge in [-0.1, -0.05) is 19.9 Å². The molecular formula is C21H26F2N6OS. The van der Waals surface area contributed by atoms with Crippen LogP contribution in [0.25, 0.3) is 5.69 Å². The first kappa shape index (κ1) is 23.1. The van der Waals surface area contributed by atoms with Crippen LogP contribution in [0.15, 0.2) is 30.6 Å². The molecule has 7 nitrogen and oxygen atoms in total. The second-order valence-electron chi connectivity index (χ2n) is 7.27. The Kier molecular flexibility index (Phi) is 7.91. The molecule has 0 spiro atoms. The summed E-state index contributed by atoms with van der Waals surface area (Å²) in [5, 5.41) is 8.36. The number of benzene rings is 1. The first-order chi connectivity index (χ1) is 14.9. The Morgan fingerprint density at radius 2 is 1.81 bits per heavy atom. The van der Waals surface area contributed by atoms with Crippen molar-refractivity contribution in [1.82, 2.24) is 24.7 Å². The first-order valence-corrected chi connectivity index (χ1v) is 10.9. The third-order valence-electron chi connectivity index (χ3n) is 4.89. The Morgan fingerprint density at radius 1 is 1.13 bits per heavy atom. The van der Waals surface area contributed by atoms with Crippen molar-refractivity contribution < 1.29 is 13.5 Å². The van der Waals surface area contributed by atoms with Gasteiger partial charge in [0.15, 0.2) is 0 Å². The summed E-state index contributed by atoms with van der Waals surface area (Å²) >= 11 is 1.38. The average molecular weight is 449 g/mol. The highest BCUT2D eigenvalue weighted by Gasteiger charge is 2.23. The topological polar surface area (TPSA) is 77.8 Å². The standard InChI is InChI=1S/C21H26F2N6OS/c1-13-11-24-20(25-12-13)14(2)15(3)31-28-21-27-26-18(9-6-10-30-4)29(21)19-16(22)7-5-8-17(19)23/h5,7-8,11-12,14-15H,6,9-10H2,1-4H3,(H,27,28). The lowest BCUT2D eigenvalue weighted by Gasteiger charge is -2.19. The van der Waals surface area contributed by atoms with Crippen molar-refractivity contribution >= 4 is 17.9 Å². The number of nitrogens with one attached hydrogen (secondary N) is 1. The van der Waals surface area contributed by atoms with Crippen molar-refractivity contribution in [2.45, 2.75) is 44.8 Å². The van der Waals surface area contributed by atoms with Gasteiger partial charge in [0.25, 0.3) is 0 Å². The summed E-state index contributed by atoms with van der Waals surface area (Å²) in [6.45, 7) is 6.50. The van der Waals surface area contributed by atoms with Crippen molar-refractivity contribution in [3.05, 3.63) is 59.4 Å². The summed E-state index contributed by atoms with van der Waals surface area (Å²) in [6.07, 6.45) is 4.68. The quantitative estimate of drug-likeness (QED) is 0.362. The van der Waals surface area contributed by atoms with Gasteiger partial charge in [0, 0.05) is 43.7 Å². The van der Waals surface area contributed by atoms with E-state index < -0.39 is 11.6 Å². The SMILES string of the molecule is COCCCc1nnc(NSC(C)C(C)c2ncc(C)cn2)n1-c1c(F)cccc1F. The van der Waals surface area contributed by atoms with Crippen molar-refractivity contribution in [3.8, 4) is 5.69 Å². The predicted molar refractivity (Wildman–Crippen MR) is 117 cm³/mol. The highest BCUT2D eigenvalue weighted by atomic mass is 32.2. The van der Waals surface area contributed by atoms with Crippen LogP contribution in [0, 0.1) is 18.6 Å². The third kappa shape index (κ3) is 5.56. The number of nitrogens with zero attached hydrogens (tertiary/aromatic N) is 5. The molecule has 0 fully saturated rings. The number of para-hydroxylation sites is 1. The summed E-state index contributed by atoms with van der Waals surface area (Å²) in [6, 6.07) is 3.76. The van der Waals surface area contributed by atoms with E-state index in [2.05, 4.69) is 24.9 Å². The van der Waals surface area contributed by atoms with Crippen LogP contribution in [0.2, 0.25) is 0 Å². The number of hydrogen-bond donors (Lipinski definition) is 1. The Bertz CT molecular complexity index is 978. The van der Waals surface area contributed by atoms with Crippen molar-refractivity contribution in [2.75, 3.05) is 18.4 Å². The highest BCUT2D eigenvalue weighted by molar-refractivity contribution is 8.01. The van der Waals surface area contributed by atoms with E-state index >= 15 is 0 Å². The van der Waals surface area contributed by atoms with E-state index in [1.165, 1.54) is 34.7 Å². The molecule has 0 bridgehead atoms. The van der Waals surface area contributed by atoms with E-state index in [1.54, 1.807) is 19.5 Å². The summed E-state index contributed by atoms with van der Waals surface area (Å²) in [4.78, 5) is 8.78. The Labute approximate surface area is 184 Å². The third-order valence-corrected chi connectivity index (χ3v) is 5.97. The lowest BCUT2D eigenvalue weighted by atomic mass is 10.1. The molecule has 0 amide bonds. The molecule has 0 saturated carbocycles. The number of aromatic nitrogens is 5. The number of rotatable bonds is 10. The van der Waals surface area contributed by atoms with Crippen molar-refractivity contribution in [1.29, 1.82) is 0 Å². The molecule has 2 heterocycles. The molecule has 166 valence electrons. The van der Waals surface area contributed by atoms with Gasteiger partial charge in [0.2, 0.25) is 5.95 Å². The smallest absolute Gasteiger partial charge is 0.239 e.